The van der Waals surface area contributed by atoms with E-state index in [1.165, 1.54) is 0 Å². The summed E-state index contributed by atoms with van der Waals surface area (Å²) in [6.07, 6.45) is 0.907. The van der Waals surface area contributed by atoms with Crippen LogP contribution in [0.15, 0.2) is 34.2 Å². The number of hydrogen-bond acceptors (Lipinski definition) is 6. The van der Waals surface area contributed by atoms with Gasteiger partial charge in [-0.1, -0.05) is 25.6 Å². The Hall–Kier alpha value is -2.79. The van der Waals surface area contributed by atoms with Gasteiger partial charge in [-0.05, 0) is 36.6 Å². The van der Waals surface area contributed by atoms with Crippen molar-refractivity contribution < 1.29 is 9.53 Å². The molecule has 0 fully saturated rings. The zero-order valence-electron chi connectivity index (χ0n) is 15.5. The van der Waals surface area contributed by atoms with Crippen molar-refractivity contribution in [2.45, 2.75) is 25.4 Å². The summed E-state index contributed by atoms with van der Waals surface area (Å²) in [5, 5.41) is 12.4. The third kappa shape index (κ3) is 5.86. The van der Waals surface area contributed by atoms with Crippen molar-refractivity contribution in [3.8, 4) is 23.1 Å². The van der Waals surface area contributed by atoms with Crippen molar-refractivity contribution in [1.29, 1.82) is 5.26 Å². The molecule has 1 aromatic heterocycles. The molecule has 142 valence electrons. The molecule has 0 unspecified atom stereocenters. The minimum Gasteiger partial charge on any atom is -0.497 e. The molecule has 2 N–H and O–H groups in total. The molecule has 0 atom stereocenters. The molecule has 1 amide bonds. The van der Waals surface area contributed by atoms with E-state index in [1.54, 1.807) is 31.4 Å². The van der Waals surface area contributed by atoms with Gasteiger partial charge >= 0.3 is 0 Å². The number of H-pyrrole nitrogens is 1. The lowest BCUT2D eigenvalue weighted by atomic mass is 10.1. The third-order valence-corrected chi connectivity index (χ3v) is 4.63. The fourth-order valence-corrected chi connectivity index (χ4v) is 2.96. The SMILES string of the molecule is COc1ccc(-c2nc(SCC(=O)NCCC(C)C)[nH]c(=O)c2C#N)cc1. The summed E-state index contributed by atoms with van der Waals surface area (Å²) in [6, 6.07) is 8.82. The number of nitriles is 1. The number of carbonyl (C=O) groups excluding carboxylic acids is 1. The Morgan fingerprint density at radius 1 is 1.37 bits per heavy atom. The van der Waals surface area contributed by atoms with E-state index in [1.807, 2.05) is 6.07 Å². The third-order valence-electron chi connectivity index (χ3n) is 3.76. The summed E-state index contributed by atoms with van der Waals surface area (Å²) in [7, 11) is 1.56. The maximum atomic E-state index is 12.2. The smallest absolute Gasteiger partial charge is 0.270 e. The first kappa shape index (κ1) is 20.5. The van der Waals surface area contributed by atoms with Crippen LogP contribution in [0.3, 0.4) is 0 Å². The van der Waals surface area contributed by atoms with Crippen molar-refractivity contribution in [3.63, 3.8) is 0 Å². The minimum atomic E-state index is -0.527. The molecule has 27 heavy (non-hydrogen) atoms. The number of methoxy groups -OCH3 is 1. The van der Waals surface area contributed by atoms with Crippen LogP contribution < -0.4 is 15.6 Å². The Morgan fingerprint density at radius 3 is 2.67 bits per heavy atom. The summed E-state index contributed by atoms with van der Waals surface area (Å²) in [5.74, 6) is 1.18. The fourth-order valence-electron chi connectivity index (χ4n) is 2.27. The molecule has 0 aliphatic carbocycles. The van der Waals surface area contributed by atoms with Crippen LogP contribution in [0.2, 0.25) is 0 Å². The molecule has 0 radical (unpaired) electrons. The van der Waals surface area contributed by atoms with Crippen molar-refractivity contribution in [2.24, 2.45) is 5.92 Å². The van der Waals surface area contributed by atoms with E-state index in [9.17, 15) is 14.9 Å². The second-order valence-electron chi connectivity index (χ2n) is 6.26. The Balaban J connectivity index is 2.16. The van der Waals surface area contributed by atoms with Gasteiger partial charge in [-0.15, -0.1) is 0 Å². The maximum Gasteiger partial charge on any atom is 0.270 e. The van der Waals surface area contributed by atoms with Gasteiger partial charge in [-0.25, -0.2) is 4.98 Å². The van der Waals surface area contributed by atoms with Crippen molar-refractivity contribution in [3.05, 3.63) is 40.2 Å². The van der Waals surface area contributed by atoms with E-state index in [0.717, 1.165) is 18.2 Å². The van der Waals surface area contributed by atoms with Crippen molar-refractivity contribution in [2.75, 3.05) is 19.4 Å². The van der Waals surface area contributed by atoms with Gasteiger partial charge in [-0.2, -0.15) is 5.26 Å². The number of thioether (sulfide) groups is 1. The van der Waals surface area contributed by atoms with Crippen LogP contribution in [0.4, 0.5) is 0 Å². The van der Waals surface area contributed by atoms with E-state index >= 15 is 0 Å². The van der Waals surface area contributed by atoms with Crippen molar-refractivity contribution in [1.82, 2.24) is 15.3 Å². The maximum absolute atomic E-state index is 12.2. The number of nitrogens with zero attached hydrogens (tertiary/aromatic N) is 2. The summed E-state index contributed by atoms with van der Waals surface area (Å²) in [5.41, 5.74) is 0.320. The Kier molecular flexibility index (Phi) is 7.44. The molecule has 0 bridgehead atoms. The van der Waals surface area contributed by atoms with Crippen LogP contribution in [0.25, 0.3) is 11.3 Å². The number of aromatic amines is 1. The highest BCUT2D eigenvalue weighted by atomic mass is 32.2. The molecule has 7 nitrogen and oxygen atoms in total. The van der Waals surface area contributed by atoms with Crippen LogP contribution in [-0.4, -0.2) is 35.3 Å². The van der Waals surface area contributed by atoms with Crippen LogP contribution >= 0.6 is 11.8 Å². The molecular weight excluding hydrogens is 364 g/mol. The number of benzene rings is 1. The van der Waals surface area contributed by atoms with E-state index < -0.39 is 5.56 Å². The molecule has 8 heteroatoms. The minimum absolute atomic E-state index is 0.0640. The predicted molar refractivity (Wildman–Crippen MR) is 105 cm³/mol. The lowest BCUT2D eigenvalue weighted by Crippen LogP contribution is -2.27. The number of aromatic nitrogens is 2. The first-order chi connectivity index (χ1) is 12.9. The zero-order valence-corrected chi connectivity index (χ0v) is 16.4. The largest absolute Gasteiger partial charge is 0.497 e. The molecule has 0 saturated carbocycles. The quantitative estimate of drug-likeness (QED) is 0.533. The Morgan fingerprint density at radius 2 is 2.07 bits per heavy atom. The molecule has 2 rings (SSSR count). The molecule has 1 aromatic carbocycles. The van der Waals surface area contributed by atoms with E-state index in [-0.39, 0.29) is 22.9 Å². The highest BCUT2D eigenvalue weighted by Gasteiger charge is 2.14. The van der Waals surface area contributed by atoms with Gasteiger partial charge in [0.1, 0.15) is 17.4 Å². The molecule has 0 saturated heterocycles. The summed E-state index contributed by atoms with van der Waals surface area (Å²) in [4.78, 5) is 31.1. The average molecular weight is 386 g/mol. The fraction of sp³-hybridized carbons (Fsp3) is 0.368. The van der Waals surface area contributed by atoms with Gasteiger partial charge < -0.3 is 15.0 Å². The molecule has 2 aromatic rings. The Bertz CT molecular complexity index is 885. The molecule has 0 aliphatic heterocycles. The zero-order chi connectivity index (χ0) is 19.8. The van der Waals surface area contributed by atoms with E-state index in [2.05, 4.69) is 29.1 Å². The van der Waals surface area contributed by atoms with Gasteiger partial charge in [0.25, 0.3) is 5.56 Å². The first-order valence-corrected chi connectivity index (χ1v) is 9.51. The van der Waals surface area contributed by atoms with Crippen LogP contribution in [0, 0.1) is 17.2 Å². The van der Waals surface area contributed by atoms with Crippen LogP contribution in [0.1, 0.15) is 25.8 Å². The standard InChI is InChI=1S/C19H22N4O3S/c1-12(2)8-9-21-16(24)11-27-19-22-17(15(10-20)18(25)23-19)13-4-6-14(26-3)7-5-13/h4-7,12H,8-9,11H2,1-3H3,(H,21,24)(H,22,23,25). The predicted octanol–water partition coefficient (Wildman–Crippen LogP) is 2.57. The first-order valence-electron chi connectivity index (χ1n) is 8.53. The molecule has 1 heterocycles. The normalized spacial score (nSPS) is 10.5. The van der Waals surface area contributed by atoms with E-state index in [4.69, 9.17) is 4.74 Å². The number of ether oxygens (including phenoxy) is 1. The topological polar surface area (TPSA) is 108 Å². The lowest BCUT2D eigenvalue weighted by molar-refractivity contribution is -0.118. The number of amides is 1. The second-order valence-corrected chi connectivity index (χ2v) is 7.22. The summed E-state index contributed by atoms with van der Waals surface area (Å²) in [6.45, 7) is 4.80. The monoisotopic (exact) mass is 386 g/mol. The highest BCUT2D eigenvalue weighted by Crippen LogP contribution is 2.24. The Labute approximate surface area is 162 Å². The number of carbonyl (C=O) groups is 1. The van der Waals surface area contributed by atoms with Gasteiger partial charge in [0.2, 0.25) is 5.91 Å². The summed E-state index contributed by atoms with van der Waals surface area (Å²) >= 11 is 1.12. The number of hydrogen-bond donors (Lipinski definition) is 2. The average Bonchev–Trinajstić information content (AvgIpc) is 2.65. The lowest BCUT2D eigenvalue weighted by Gasteiger charge is -2.08. The number of rotatable bonds is 8. The van der Waals surface area contributed by atoms with Gasteiger partial charge in [0.05, 0.1) is 18.6 Å². The molecule has 0 aliphatic rings. The van der Waals surface area contributed by atoms with Crippen LogP contribution in [0.5, 0.6) is 5.75 Å². The molecular formula is C19H22N4O3S. The highest BCUT2D eigenvalue weighted by molar-refractivity contribution is 7.99. The van der Waals surface area contributed by atoms with Crippen molar-refractivity contribution >= 4 is 17.7 Å². The second kappa shape index (κ2) is 9.78. The van der Waals surface area contributed by atoms with Gasteiger partial charge in [0.15, 0.2) is 5.16 Å². The van der Waals surface area contributed by atoms with Gasteiger partial charge in [-0.3, -0.25) is 9.59 Å². The van der Waals surface area contributed by atoms with Gasteiger partial charge in [0, 0.05) is 12.1 Å². The summed E-state index contributed by atoms with van der Waals surface area (Å²) < 4.78 is 5.12. The molecule has 0 spiro atoms. The van der Waals surface area contributed by atoms with E-state index in [0.29, 0.717) is 28.9 Å². The van der Waals surface area contributed by atoms with Crippen LogP contribution in [-0.2, 0) is 4.79 Å². The number of nitrogens with one attached hydrogen (secondary N) is 2.